The van der Waals surface area contributed by atoms with Crippen LogP contribution in [0.25, 0.3) is 0 Å². The average Bonchev–Trinajstić information content (AvgIpc) is 2.99. The van der Waals surface area contributed by atoms with Crippen molar-refractivity contribution in [2.75, 3.05) is 6.54 Å². The fourth-order valence-corrected chi connectivity index (χ4v) is 2.68. The maximum atomic E-state index is 12.6. The van der Waals surface area contributed by atoms with Crippen molar-refractivity contribution >= 4 is 22.9 Å². The lowest BCUT2D eigenvalue weighted by Gasteiger charge is -2.14. The number of furan rings is 1. The summed E-state index contributed by atoms with van der Waals surface area (Å²) in [4.78, 5) is 3.87. The van der Waals surface area contributed by atoms with Crippen molar-refractivity contribution in [2.45, 2.75) is 25.6 Å². The molecule has 0 aromatic carbocycles. The number of aromatic nitrogens is 1. The first-order valence-corrected chi connectivity index (χ1v) is 7.12. The van der Waals surface area contributed by atoms with Crippen LogP contribution in [0.5, 0.6) is 0 Å². The highest BCUT2D eigenvalue weighted by atomic mass is 35.5. The SMILES string of the molecule is CCCNC(c1ccc(Cl)o1)c1cnc(C(F)(F)F)s1. The molecular weight excluding hydrogens is 313 g/mol. The Morgan fingerprint density at radius 1 is 1.45 bits per heavy atom. The Kier molecular flexibility index (Phi) is 4.72. The molecule has 0 aliphatic rings. The van der Waals surface area contributed by atoms with E-state index >= 15 is 0 Å². The third-order valence-corrected chi connectivity index (χ3v) is 3.84. The molecule has 2 rings (SSSR count). The Morgan fingerprint density at radius 2 is 2.20 bits per heavy atom. The van der Waals surface area contributed by atoms with E-state index in [4.69, 9.17) is 16.0 Å². The van der Waals surface area contributed by atoms with E-state index in [1.54, 1.807) is 12.1 Å². The second-order valence-electron chi connectivity index (χ2n) is 4.09. The van der Waals surface area contributed by atoms with E-state index in [9.17, 15) is 13.2 Å². The van der Waals surface area contributed by atoms with E-state index in [2.05, 4.69) is 10.3 Å². The lowest BCUT2D eigenvalue weighted by atomic mass is 10.2. The molecule has 0 radical (unpaired) electrons. The van der Waals surface area contributed by atoms with Gasteiger partial charge < -0.3 is 9.73 Å². The average molecular weight is 325 g/mol. The predicted molar refractivity (Wildman–Crippen MR) is 71.0 cm³/mol. The number of halogens is 4. The fourth-order valence-electron chi connectivity index (χ4n) is 1.66. The first kappa shape index (κ1) is 15.3. The minimum absolute atomic E-state index is 0.198. The van der Waals surface area contributed by atoms with Crippen molar-refractivity contribution in [2.24, 2.45) is 0 Å². The van der Waals surface area contributed by atoms with Crippen molar-refractivity contribution in [3.8, 4) is 0 Å². The number of hydrogen-bond acceptors (Lipinski definition) is 4. The van der Waals surface area contributed by atoms with Crippen LogP contribution in [-0.4, -0.2) is 11.5 Å². The van der Waals surface area contributed by atoms with Crippen LogP contribution in [0, 0.1) is 0 Å². The summed E-state index contributed by atoms with van der Waals surface area (Å²) in [5.74, 6) is 0.473. The van der Waals surface area contributed by atoms with Crippen molar-refractivity contribution in [3.63, 3.8) is 0 Å². The van der Waals surface area contributed by atoms with E-state index in [0.29, 0.717) is 28.5 Å². The van der Waals surface area contributed by atoms with Crippen molar-refractivity contribution < 1.29 is 17.6 Å². The van der Waals surface area contributed by atoms with Gasteiger partial charge in [-0.25, -0.2) is 4.98 Å². The van der Waals surface area contributed by atoms with Crippen LogP contribution in [0.15, 0.2) is 22.7 Å². The Balaban J connectivity index is 2.29. The zero-order chi connectivity index (χ0) is 14.8. The number of alkyl halides is 3. The molecule has 110 valence electrons. The minimum Gasteiger partial charge on any atom is -0.448 e. The molecule has 3 nitrogen and oxygen atoms in total. The third kappa shape index (κ3) is 3.53. The first-order valence-electron chi connectivity index (χ1n) is 5.93. The smallest absolute Gasteiger partial charge is 0.443 e. The molecule has 20 heavy (non-hydrogen) atoms. The maximum absolute atomic E-state index is 12.6. The van der Waals surface area contributed by atoms with Crippen LogP contribution in [0.4, 0.5) is 13.2 Å². The molecule has 8 heteroatoms. The van der Waals surface area contributed by atoms with Crippen molar-refractivity contribution in [1.82, 2.24) is 10.3 Å². The summed E-state index contributed by atoms with van der Waals surface area (Å²) in [6, 6.07) is 2.72. The molecule has 0 saturated heterocycles. The van der Waals surface area contributed by atoms with Crippen LogP contribution >= 0.6 is 22.9 Å². The van der Waals surface area contributed by atoms with Gasteiger partial charge in [-0.1, -0.05) is 6.92 Å². The summed E-state index contributed by atoms with van der Waals surface area (Å²) in [6.07, 6.45) is -2.37. The van der Waals surface area contributed by atoms with Gasteiger partial charge in [-0.2, -0.15) is 13.2 Å². The molecule has 1 N–H and O–H groups in total. The van der Waals surface area contributed by atoms with Gasteiger partial charge in [-0.15, -0.1) is 11.3 Å². The van der Waals surface area contributed by atoms with Gasteiger partial charge >= 0.3 is 6.18 Å². The molecule has 1 unspecified atom stereocenters. The Bertz CT molecular complexity index is 567. The maximum Gasteiger partial charge on any atom is 0.443 e. The lowest BCUT2D eigenvalue weighted by Crippen LogP contribution is -2.21. The van der Waals surface area contributed by atoms with E-state index < -0.39 is 17.2 Å². The molecule has 2 heterocycles. The predicted octanol–water partition coefficient (Wildman–Crippen LogP) is 4.50. The number of hydrogen-bond donors (Lipinski definition) is 1. The standard InChI is InChI=1S/C12H12ClF3N2OS/c1-2-5-17-10(7-3-4-9(13)19-7)8-6-18-11(20-8)12(14,15)16/h3-4,6,10,17H,2,5H2,1H3. The molecule has 0 spiro atoms. The summed E-state index contributed by atoms with van der Waals surface area (Å²) in [7, 11) is 0. The van der Waals surface area contributed by atoms with Crippen LogP contribution in [-0.2, 0) is 6.18 Å². The Hall–Kier alpha value is -1.05. The molecule has 0 saturated carbocycles. The van der Waals surface area contributed by atoms with Gasteiger partial charge in [0.15, 0.2) is 10.2 Å². The van der Waals surface area contributed by atoms with Gasteiger partial charge in [-0.05, 0) is 36.7 Å². The van der Waals surface area contributed by atoms with Crippen LogP contribution in [0.2, 0.25) is 5.22 Å². The molecule has 0 bridgehead atoms. The van der Waals surface area contributed by atoms with Crippen LogP contribution in [0.3, 0.4) is 0 Å². The fraction of sp³-hybridized carbons (Fsp3) is 0.417. The highest BCUT2D eigenvalue weighted by Crippen LogP contribution is 2.36. The van der Waals surface area contributed by atoms with Crippen LogP contribution in [0.1, 0.15) is 35.0 Å². The molecule has 0 fully saturated rings. The first-order chi connectivity index (χ1) is 9.41. The number of nitrogens with zero attached hydrogens (tertiary/aromatic N) is 1. The zero-order valence-electron chi connectivity index (χ0n) is 10.5. The normalized spacial score (nSPS) is 13.7. The summed E-state index contributed by atoms with van der Waals surface area (Å²) in [6.45, 7) is 2.61. The summed E-state index contributed by atoms with van der Waals surface area (Å²) in [5, 5.41) is 2.46. The lowest BCUT2D eigenvalue weighted by molar-refractivity contribution is -0.137. The molecular formula is C12H12ClF3N2OS. The Labute approximate surface area is 122 Å². The molecule has 2 aromatic heterocycles. The van der Waals surface area contributed by atoms with Gasteiger partial charge in [0.25, 0.3) is 0 Å². The topological polar surface area (TPSA) is 38.1 Å². The second kappa shape index (κ2) is 6.15. The summed E-state index contributed by atoms with van der Waals surface area (Å²) < 4.78 is 43.1. The molecule has 2 aromatic rings. The van der Waals surface area contributed by atoms with E-state index in [0.717, 1.165) is 6.42 Å². The van der Waals surface area contributed by atoms with Gasteiger partial charge in [-0.3, -0.25) is 0 Å². The Morgan fingerprint density at radius 3 is 2.70 bits per heavy atom. The highest BCUT2D eigenvalue weighted by Gasteiger charge is 2.35. The van der Waals surface area contributed by atoms with E-state index in [1.165, 1.54) is 6.20 Å². The third-order valence-electron chi connectivity index (χ3n) is 2.53. The molecule has 1 atom stereocenters. The quantitative estimate of drug-likeness (QED) is 0.880. The largest absolute Gasteiger partial charge is 0.448 e. The van der Waals surface area contributed by atoms with Gasteiger partial charge in [0.05, 0.1) is 0 Å². The van der Waals surface area contributed by atoms with Gasteiger partial charge in [0, 0.05) is 11.1 Å². The van der Waals surface area contributed by atoms with Crippen molar-refractivity contribution in [1.29, 1.82) is 0 Å². The minimum atomic E-state index is -4.43. The summed E-state index contributed by atoms with van der Waals surface area (Å²) >= 11 is 6.32. The number of thiazole rings is 1. The monoisotopic (exact) mass is 324 g/mol. The molecule has 0 aliphatic carbocycles. The zero-order valence-corrected chi connectivity index (χ0v) is 12.1. The molecule has 0 amide bonds. The number of rotatable bonds is 5. The van der Waals surface area contributed by atoms with Gasteiger partial charge in [0.1, 0.15) is 11.8 Å². The van der Waals surface area contributed by atoms with E-state index in [-0.39, 0.29) is 5.22 Å². The van der Waals surface area contributed by atoms with Crippen molar-refractivity contribution in [3.05, 3.63) is 39.2 Å². The second-order valence-corrected chi connectivity index (χ2v) is 5.53. The molecule has 0 aliphatic heterocycles. The highest BCUT2D eigenvalue weighted by molar-refractivity contribution is 7.11. The van der Waals surface area contributed by atoms with Crippen LogP contribution < -0.4 is 5.32 Å². The van der Waals surface area contributed by atoms with Gasteiger partial charge in [0.2, 0.25) is 0 Å². The summed E-state index contributed by atoms with van der Waals surface area (Å²) in [5.41, 5.74) is 0. The number of nitrogens with one attached hydrogen (secondary N) is 1. The van der Waals surface area contributed by atoms with E-state index in [1.807, 2.05) is 6.92 Å².